The predicted octanol–water partition coefficient (Wildman–Crippen LogP) is 3.21. The largest absolute Gasteiger partial charge is 0.444 e. The number of nitrogens with zero attached hydrogens (tertiary/aromatic N) is 3. The van der Waals surface area contributed by atoms with Crippen LogP contribution in [0.5, 0.6) is 0 Å². The van der Waals surface area contributed by atoms with Gasteiger partial charge in [0.25, 0.3) is 5.91 Å². The van der Waals surface area contributed by atoms with Crippen molar-refractivity contribution in [3.8, 4) is 0 Å². The molecule has 0 unspecified atom stereocenters. The lowest BCUT2D eigenvalue weighted by molar-refractivity contribution is 0.0204. The van der Waals surface area contributed by atoms with Gasteiger partial charge in [0.1, 0.15) is 5.60 Å². The topological polar surface area (TPSA) is 62.7 Å². The Morgan fingerprint density at radius 1 is 1.24 bits per heavy atom. The molecule has 0 spiro atoms. The third-order valence-electron chi connectivity index (χ3n) is 4.31. The Labute approximate surface area is 150 Å². The van der Waals surface area contributed by atoms with Crippen LogP contribution in [0.1, 0.15) is 61.1 Å². The molecule has 6 nitrogen and oxygen atoms in total. The lowest BCUT2D eigenvalue weighted by atomic mass is 9.90. The van der Waals surface area contributed by atoms with Gasteiger partial charge in [0, 0.05) is 45.0 Å². The van der Waals surface area contributed by atoms with Crippen molar-refractivity contribution >= 4 is 12.0 Å². The molecule has 0 N–H and O–H groups in total. The molecule has 2 amide bonds. The molecule has 2 rings (SSSR count). The van der Waals surface area contributed by atoms with Crippen molar-refractivity contribution in [3.05, 3.63) is 29.1 Å². The number of hydrogen-bond acceptors (Lipinski definition) is 4. The number of carbonyl (C=O) groups excluding carboxylic acids is 2. The first-order chi connectivity index (χ1) is 11.6. The van der Waals surface area contributed by atoms with Gasteiger partial charge in [-0.3, -0.25) is 9.78 Å². The third kappa shape index (κ3) is 4.94. The molecular formula is C19H29N3O3. The van der Waals surface area contributed by atoms with Gasteiger partial charge in [-0.25, -0.2) is 4.79 Å². The summed E-state index contributed by atoms with van der Waals surface area (Å²) in [6, 6.07) is 1.91. The SMILES string of the molecule is Cc1cc(C(=O)N(C)C)cnc1C1CCN(C(=O)OC(C)(C)C)CC1. The third-order valence-corrected chi connectivity index (χ3v) is 4.31. The highest BCUT2D eigenvalue weighted by molar-refractivity contribution is 5.93. The summed E-state index contributed by atoms with van der Waals surface area (Å²) < 4.78 is 5.44. The Balaban J connectivity index is 2.01. The van der Waals surface area contributed by atoms with Crippen molar-refractivity contribution in [2.45, 2.75) is 52.1 Å². The maximum Gasteiger partial charge on any atom is 0.410 e. The van der Waals surface area contributed by atoms with Crippen molar-refractivity contribution < 1.29 is 14.3 Å². The minimum absolute atomic E-state index is 0.0399. The van der Waals surface area contributed by atoms with Crippen molar-refractivity contribution in [2.24, 2.45) is 0 Å². The summed E-state index contributed by atoms with van der Waals surface area (Å²) in [4.78, 5) is 32.1. The summed E-state index contributed by atoms with van der Waals surface area (Å²) in [5.74, 6) is 0.268. The molecule has 6 heteroatoms. The summed E-state index contributed by atoms with van der Waals surface area (Å²) in [5.41, 5.74) is 2.20. The second-order valence-electron chi connectivity index (χ2n) is 7.87. The summed E-state index contributed by atoms with van der Waals surface area (Å²) in [5, 5.41) is 0. The van der Waals surface area contributed by atoms with Crippen LogP contribution in [0, 0.1) is 6.92 Å². The monoisotopic (exact) mass is 347 g/mol. The van der Waals surface area contributed by atoms with Gasteiger partial charge in [0.15, 0.2) is 0 Å². The fourth-order valence-electron chi connectivity index (χ4n) is 3.05. The molecule has 1 saturated heterocycles. The molecule has 0 bridgehead atoms. The minimum atomic E-state index is -0.471. The second kappa shape index (κ2) is 7.42. The first-order valence-electron chi connectivity index (χ1n) is 8.74. The van der Waals surface area contributed by atoms with Crippen LogP contribution in [0.2, 0.25) is 0 Å². The van der Waals surface area contributed by atoms with E-state index in [9.17, 15) is 9.59 Å². The van der Waals surface area contributed by atoms with Gasteiger partial charge in [-0.1, -0.05) is 0 Å². The Hall–Kier alpha value is -2.11. The number of likely N-dealkylation sites (tertiary alicyclic amines) is 1. The molecule has 0 saturated carbocycles. The van der Waals surface area contributed by atoms with Crippen LogP contribution in [0.3, 0.4) is 0 Å². The second-order valence-corrected chi connectivity index (χ2v) is 7.87. The Bertz CT molecular complexity index is 642. The number of aromatic nitrogens is 1. The zero-order valence-corrected chi connectivity index (χ0v) is 16.1. The smallest absolute Gasteiger partial charge is 0.410 e. The van der Waals surface area contributed by atoms with Crippen molar-refractivity contribution in [1.82, 2.24) is 14.8 Å². The highest BCUT2D eigenvalue weighted by Gasteiger charge is 2.28. The number of amides is 2. The van der Waals surface area contributed by atoms with E-state index >= 15 is 0 Å². The Kier molecular flexibility index (Phi) is 5.70. The Morgan fingerprint density at radius 2 is 1.84 bits per heavy atom. The van der Waals surface area contributed by atoms with E-state index in [1.165, 1.54) is 0 Å². The quantitative estimate of drug-likeness (QED) is 0.824. The van der Waals surface area contributed by atoms with E-state index in [1.807, 2.05) is 33.8 Å². The highest BCUT2D eigenvalue weighted by atomic mass is 16.6. The van der Waals surface area contributed by atoms with Gasteiger partial charge in [-0.2, -0.15) is 0 Å². The molecule has 1 fully saturated rings. The fourth-order valence-corrected chi connectivity index (χ4v) is 3.05. The first-order valence-corrected chi connectivity index (χ1v) is 8.74. The van der Waals surface area contributed by atoms with Gasteiger partial charge < -0.3 is 14.5 Å². The van der Waals surface area contributed by atoms with Crippen LogP contribution >= 0.6 is 0 Å². The van der Waals surface area contributed by atoms with E-state index in [1.54, 1.807) is 30.1 Å². The normalized spacial score (nSPS) is 15.8. The molecule has 1 aromatic rings. The maximum absolute atomic E-state index is 12.2. The minimum Gasteiger partial charge on any atom is -0.444 e. The molecule has 2 heterocycles. The standard InChI is InChI=1S/C19H29N3O3/c1-13-11-15(17(23)21(5)6)12-20-16(13)14-7-9-22(10-8-14)18(24)25-19(2,3)4/h11-12,14H,7-10H2,1-6H3. The number of rotatable bonds is 2. The van der Waals surface area contributed by atoms with E-state index in [2.05, 4.69) is 4.98 Å². The summed E-state index contributed by atoms with van der Waals surface area (Å²) >= 11 is 0. The van der Waals surface area contributed by atoms with E-state index in [4.69, 9.17) is 4.74 Å². The molecule has 1 aromatic heterocycles. The number of ether oxygens (including phenoxy) is 1. The Morgan fingerprint density at radius 3 is 2.32 bits per heavy atom. The summed E-state index contributed by atoms with van der Waals surface area (Å²) in [6.07, 6.45) is 3.12. The van der Waals surface area contributed by atoms with Crippen molar-refractivity contribution in [1.29, 1.82) is 0 Å². The number of carbonyl (C=O) groups is 2. The van der Waals surface area contributed by atoms with Crippen LogP contribution in [0.25, 0.3) is 0 Å². The van der Waals surface area contributed by atoms with E-state index in [0.29, 0.717) is 24.6 Å². The van der Waals surface area contributed by atoms with Crippen molar-refractivity contribution in [3.63, 3.8) is 0 Å². The molecule has 0 aliphatic carbocycles. The average Bonchev–Trinajstić information content (AvgIpc) is 2.52. The molecule has 138 valence electrons. The van der Waals surface area contributed by atoms with Gasteiger partial charge in [0.05, 0.1) is 5.56 Å². The molecule has 1 aliphatic rings. The van der Waals surface area contributed by atoms with Crippen LogP contribution in [-0.4, -0.2) is 59.6 Å². The number of hydrogen-bond donors (Lipinski definition) is 0. The average molecular weight is 347 g/mol. The van der Waals surface area contributed by atoms with Gasteiger partial charge in [-0.05, 0) is 52.2 Å². The summed E-state index contributed by atoms with van der Waals surface area (Å²) in [7, 11) is 3.47. The zero-order valence-electron chi connectivity index (χ0n) is 16.1. The summed E-state index contributed by atoms with van der Waals surface area (Å²) in [6.45, 7) is 8.96. The molecule has 0 radical (unpaired) electrons. The number of piperidine rings is 1. The molecule has 1 aliphatic heterocycles. The first kappa shape index (κ1) is 19.2. The van der Waals surface area contributed by atoms with Crippen LogP contribution in [-0.2, 0) is 4.74 Å². The molecule has 0 aromatic carbocycles. The lowest BCUT2D eigenvalue weighted by Gasteiger charge is -2.33. The van der Waals surface area contributed by atoms with Crippen LogP contribution in [0.4, 0.5) is 4.79 Å². The molecule has 0 atom stereocenters. The van der Waals surface area contributed by atoms with E-state index < -0.39 is 5.60 Å². The van der Waals surface area contributed by atoms with Gasteiger partial charge >= 0.3 is 6.09 Å². The molecule has 25 heavy (non-hydrogen) atoms. The van der Waals surface area contributed by atoms with Crippen LogP contribution < -0.4 is 0 Å². The zero-order chi connectivity index (χ0) is 18.8. The predicted molar refractivity (Wildman–Crippen MR) is 96.8 cm³/mol. The molecular weight excluding hydrogens is 318 g/mol. The van der Waals surface area contributed by atoms with Crippen molar-refractivity contribution in [2.75, 3.05) is 27.2 Å². The maximum atomic E-state index is 12.2. The highest BCUT2D eigenvalue weighted by Crippen LogP contribution is 2.29. The number of pyridine rings is 1. The van der Waals surface area contributed by atoms with E-state index in [-0.39, 0.29) is 12.0 Å². The number of aryl methyl sites for hydroxylation is 1. The fraction of sp³-hybridized carbons (Fsp3) is 0.632. The lowest BCUT2D eigenvalue weighted by Crippen LogP contribution is -2.41. The van der Waals surface area contributed by atoms with Gasteiger partial charge in [0.2, 0.25) is 0 Å². The van der Waals surface area contributed by atoms with Gasteiger partial charge in [-0.15, -0.1) is 0 Å². The van der Waals surface area contributed by atoms with Crippen LogP contribution in [0.15, 0.2) is 12.3 Å². The van der Waals surface area contributed by atoms with E-state index in [0.717, 1.165) is 24.1 Å².